The minimum Gasteiger partial charge on any atom is -0.371 e. The van der Waals surface area contributed by atoms with Crippen LogP contribution in [0.25, 0.3) is 11.0 Å². The van der Waals surface area contributed by atoms with Crippen LogP contribution in [-0.2, 0) is 11.3 Å². The number of rotatable bonds is 3. The van der Waals surface area contributed by atoms with Crippen LogP contribution in [0.15, 0.2) is 42.7 Å². The summed E-state index contributed by atoms with van der Waals surface area (Å²) in [5, 5.41) is 2.98. The molecule has 3 heterocycles. The van der Waals surface area contributed by atoms with Crippen LogP contribution in [0.1, 0.15) is 27.8 Å². The number of fused-ring (bicyclic) bond motifs is 3. The Kier molecular flexibility index (Phi) is 3.74. The highest BCUT2D eigenvalue weighted by atomic mass is 16.5. The largest absolute Gasteiger partial charge is 0.371 e. The predicted octanol–water partition coefficient (Wildman–Crippen LogP) is 2.24. The second-order valence-electron chi connectivity index (χ2n) is 5.96. The Morgan fingerprint density at radius 1 is 1.33 bits per heavy atom. The third-order valence-electron chi connectivity index (χ3n) is 4.34. The first kappa shape index (κ1) is 14.8. The molecule has 2 aromatic heterocycles. The number of aromatic nitrogens is 3. The van der Waals surface area contributed by atoms with E-state index in [2.05, 4.69) is 33.9 Å². The third-order valence-corrected chi connectivity index (χ3v) is 4.34. The van der Waals surface area contributed by atoms with Gasteiger partial charge in [-0.05, 0) is 30.7 Å². The number of imidazole rings is 1. The number of amides is 1. The van der Waals surface area contributed by atoms with E-state index in [0.29, 0.717) is 25.3 Å². The summed E-state index contributed by atoms with van der Waals surface area (Å²) in [5.41, 5.74) is 3.85. The lowest BCUT2D eigenvalue weighted by molar-refractivity contribution is 0.0553. The molecule has 1 atom stereocenters. The van der Waals surface area contributed by atoms with Crippen molar-refractivity contribution in [1.29, 1.82) is 0 Å². The summed E-state index contributed by atoms with van der Waals surface area (Å²) in [7, 11) is 0. The van der Waals surface area contributed by atoms with Gasteiger partial charge >= 0.3 is 0 Å². The number of pyridine rings is 1. The number of ether oxygens (including phenoxy) is 1. The smallest absolute Gasteiger partial charge is 0.251 e. The molecule has 1 N–H and O–H groups in total. The molecule has 0 bridgehead atoms. The van der Waals surface area contributed by atoms with E-state index in [1.807, 2.05) is 6.07 Å². The number of para-hydroxylation sites is 1. The first-order valence-corrected chi connectivity index (χ1v) is 7.96. The van der Waals surface area contributed by atoms with Gasteiger partial charge in [0.2, 0.25) is 0 Å². The lowest BCUT2D eigenvalue weighted by Gasteiger charge is -2.26. The average molecular weight is 322 g/mol. The second kappa shape index (κ2) is 6.05. The molecule has 1 aromatic carbocycles. The Morgan fingerprint density at radius 3 is 3.00 bits per heavy atom. The summed E-state index contributed by atoms with van der Waals surface area (Å²) in [6, 6.07) is 9.60. The molecular formula is C18H18N4O2. The van der Waals surface area contributed by atoms with Crippen molar-refractivity contribution >= 4 is 16.9 Å². The summed E-state index contributed by atoms with van der Waals surface area (Å²) < 4.78 is 7.86. The zero-order valence-electron chi connectivity index (χ0n) is 13.4. The van der Waals surface area contributed by atoms with Gasteiger partial charge in [-0.25, -0.2) is 4.98 Å². The molecule has 4 rings (SSSR count). The highest BCUT2D eigenvalue weighted by molar-refractivity contribution is 5.94. The van der Waals surface area contributed by atoms with Gasteiger partial charge < -0.3 is 14.6 Å². The molecule has 24 heavy (non-hydrogen) atoms. The molecule has 0 spiro atoms. The van der Waals surface area contributed by atoms with Crippen LogP contribution in [0, 0.1) is 6.92 Å². The number of aryl methyl sites for hydroxylation is 1. The van der Waals surface area contributed by atoms with Gasteiger partial charge in [-0.1, -0.05) is 12.1 Å². The molecule has 1 aliphatic heterocycles. The minimum absolute atomic E-state index is 0.0336. The van der Waals surface area contributed by atoms with Crippen molar-refractivity contribution in [3.8, 4) is 0 Å². The first-order valence-electron chi connectivity index (χ1n) is 7.96. The van der Waals surface area contributed by atoms with Gasteiger partial charge in [-0.15, -0.1) is 0 Å². The summed E-state index contributed by atoms with van der Waals surface area (Å²) in [6.45, 7) is 3.61. The van der Waals surface area contributed by atoms with Crippen LogP contribution < -0.4 is 5.32 Å². The van der Waals surface area contributed by atoms with E-state index in [-0.39, 0.29) is 11.9 Å². The number of hydrogen-bond donors (Lipinski definition) is 1. The monoisotopic (exact) mass is 322 g/mol. The molecular weight excluding hydrogens is 304 g/mol. The normalized spacial score (nSPS) is 16.8. The van der Waals surface area contributed by atoms with Crippen LogP contribution in [0.5, 0.6) is 0 Å². The van der Waals surface area contributed by atoms with E-state index in [1.54, 1.807) is 24.5 Å². The fourth-order valence-corrected chi connectivity index (χ4v) is 3.14. The molecule has 6 heteroatoms. The van der Waals surface area contributed by atoms with Gasteiger partial charge in [-0.3, -0.25) is 9.78 Å². The number of nitrogens with one attached hydrogen (secondary N) is 1. The Bertz CT molecular complexity index is 889. The minimum atomic E-state index is -0.106. The molecule has 1 amide bonds. The lowest BCUT2D eigenvalue weighted by atomic mass is 10.2. The van der Waals surface area contributed by atoms with E-state index in [1.165, 1.54) is 0 Å². The number of carbonyl (C=O) groups excluding carboxylic acids is 1. The summed E-state index contributed by atoms with van der Waals surface area (Å²) in [5.74, 6) is 0.804. The Hall–Kier alpha value is -2.73. The summed E-state index contributed by atoms with van der Waals surface area (Å²) >= 11 is 0. The fourth-order valence-electron chi connectivity index (χ4n) is 3.14. The zero-order valence-corrected chi connectivity index (χ0v) is 13.4. The zero-order chi connectivity index (χ0) is 16.5. The van der Waals surface area contributed by atoms with Crippen LogP contribution in [-0.4, -0.2) is 33.6 Å². The molecule has 0 fully saturated rings. The van der Waals surface area contributed by atoms with Gasteiger partial charge in [-0.2, -0.15) is 0 Å². The second-order valence-corrected chi connectivity index (χ2v) is 5.96. The van der Waals surface area contributed by atoms with Crippen molar-refractivity contribution in [2.45, 2.75) is 19.6 Å². The Labute approximate surface area is 139 Å². The standard InChI is InChI=1S/C18H18N4O2/c1-12-3-2-4-15-17(12)21-16-11-24-10-14(22(15)16)9-20-18(23)13-5-7-19-8-6-13/h2-8,14H,9-11H2,1H3,(H,20,23). The van der Waals surface area contributed by atoms with Gasteiger partial charge in [0, 0.05) is 24.5 Å². The van der Waals surface area contributed by atoms with Crippen molar-refractivity contribution in [1.82, 2.24) is 19.9 Å². The Balaban J connectivity index is 1.59. The lowest BCUT2D eigenvalue weighted by Crippen LogP contribution is -2.35. The topological polar surface area (TPSA) is 69.0 Å². The quantitative estimate of drug-likeness (QED) is 0.803. The highest BCUT2D eigenvalue weighted by Gasteiger charge is 2.25. The molecule has 0 radical (unpaired) electrons. The summed E-state index contributed by atoms with van der Waals surface area (Å²) in [4.78, 5) is 20.9. The van der Waals surface area contributed by atoms with Crippen LogP contribution in [0.2, 0.25) is 0 Å². The van der Waals surface area contributed by atoms with Crippen LogP contribution in [0.3, 0.4) is 0 Å². The molecule has 122 valence electrons. The SMILES string of the molecule is Cc1cccc2c1nc1n2C(CNC(=O)c2ccncc2)COC1. The van der Waals surface area contributed by atoms with E-state index < -0.39 is 0 Å². The van der Waals surface area contributed by atoms with E-state index in [9.17, 15) is 4.79 Å². The van der Waals surface area contributed by atoms with E-state index in [4.69, 9.17) is 9.72 Å². The van der Waals surface area contributed by atoms with Crippen LogP contribution >= 0.6 is 0 Å². The van der Waals surface area contributed by atoms with Crippen LogP contribution in [0.4, 0.5) is 0 Å². The Morgan fingerprint density at radius 2 is 2.17 bits per heavy atom. The molecule has 1 unspecified atom stereocenters. The van der Waals surface area contributed by atoms with Crippen molar-refractivity contribution in [2.75, 3.05) is 13.2 Å². The van der Waals surface area contributed by atoms with Gasteiger partial charge in [0.25, 0.3) is 5.91 Å². The van der Waals surface area contributed by atoms with Gasteiger partial charge in [0.15, 0.2) is 0 Å². The molecule has 0 saturated carbocycles. The molecule has 0 aliphatic carbocycles. The number of carbonyl (C=O) groups is 1. The van der Waals surface area contributed by atoms with Crippen molar-refractivity contribution < 1.29 is 9.53 Å². The van der Waals surface area contributed by atoms with Crippen molar-refractivity contribution in [2.24, 2.45) is 0 Å². The van der Waals surface area contributed by atoms with E-state index >= 15 is 0 Å². The maximum atomic E-state index is 12.3. The van der Waals surface area contributed by atoms with Gasteiger partial charge in [0.05, 0.1) is 23.7 Å². The van der Waals surface area contributed by atoms with E-state index in [0.717, 1.165) is 22.4 Å². The highest BCUT2D eigenvalue weighted by Crippen LogP contribution is 2.27. The number of nitrogens with zero attached hydrogens (tertiary/aromatic N) is 3. The average Bonchev–Trinajstić information content (AvgIpc) is 3.01. The van der Waals surface area contributed by atoms with Gasteiger partial charge in [0.1, 0.15) is 12.4 Å². The molecule has 1 aliphatic rings. The van der Waals surface area contributed by atoms with Crippen molar-refractivity contribution in [3.05, 3.63) is 59.7 Å². The predicted molar refractivity (Wildman–Crippen MR) is 89.7 cm³/mol. The summed E-state index contributed by atoms with van der Waals surface area (Å²) in [6.07, 6.45) is 3.23. The maximum Gasteiger partial charge on any atom is 0.251 e. The molecule has 6 nitrogen and oxygen atoms in total. The fraction of sp³-hybridized carbons (Fsp3) is 0.278. The number of hydrogen-bond acceptors (Lipinski definition) is 4. The van der Waals surface area contributed by atoms with Crippen molar-refractivity contribution in [3.63, 3.8) is 0 Å². The number of benzene rings is 1. The maximum absolute atomic E-state index is 12.3. The first-order chi connectivity index (χ1) is 11.7. The molecule has 3 aromatic rings. The third kappa shape index (κ3) is 2.55. The molecule has 0 saturated heterocycles.